The molecule has 0 bridgehead atoms. The van der Waals surface area contributed by atoms with E-state index in [-0.39, 0.29) is 6.04 Å². The molecule has 3 rings (SSSR count). The molecule has 1 fully saturated rings. The Morgan fingerprint density at radius 3 is 2.86 bits per heavy atom. The fourth-order valence-electron chi connectivity index (χ4n) is 2.65. The molecule has 0 aromatic carbocycles. The summed E-state index contributed by atoms with van der Waals surface area (Å²) in [5.41, 5.74) is 0.885. The summed E-state index contributed by atoms with van der Waals surface area (Å²) in [5.74, 6) is 0.827. The SMILES string of the molecule is CC1CN(c2ncnc3ccsc23)CCN1CC(F)(F)F. The lowest BCUT2D eigenvalue weighted by molar-refractivity contribution is -0.150. The van der Waals surface area contributed by atoms with Crippen LogP contribution in [0.3, 0.4) is 0 Å². The van der Waals surface area contributed by atoms with Gasteiger partial charge in [0.15, 0.2) is 0 Å². The molecule has 1 unspecified atom stereocenters. The summed E-state index contributed by atoms with van der Waals surface area (Å²) < 4.78 is 38.6. The summed E-state index contributed by atoms with van der Waals surface area (Å²) in [6.45, 7) is 2.45. The molecule has 1 saturated heterocycles. The zero-order valence-corrected chi connectivity index (χ0v) is 12.3. The predicted octanol–water partition coefficient (Wildman–Crippen LogP) is 2.76. The molecule has 1 aliphatic heterocycles. The van der Waals surface area contributed by atoms with Crippen LogP contribution >= 0.6 is 11.3 Å². The van der Waals surface area contributed by atoms with Crippen molar-refractivity contribution in [2.75, 3.05) is 31.1 Å². The van der Waals surface area contributed by atoms with E-state index in [0.717, 1.165) is 16.0 Å². The fourth-order valence-corrected chi connectivity index (χ4v) is 3.52. The lowest BCUT2D eigenvalue weighted by Gasteiger charge is -2.40. The number of halogens is 3. The maximum atomic E-state index is 12.5. The average Bonchev–Trinajstić information content (AvgIpc) is 2.88. The quantitative estimate of drug-likeness (QED) is 0.853. The highest BCUT2D eigenvalue weighted by Gasteiger charge is 2.35. The molecular formula is C13H15F3N4S. The van der Waals surface area contributed by atoms with Crippen LogP contribution < -0.4 is 4.90 Å². The minimum absolute atomic E-state index is 0.162. The number of anilines is 1. The van der Waals surface area contributed by atoms with Crippen molar-refractivity contribution in [3.63, 3.8) is 0 Å². The van der Waals surface area contributed by atoms with Crippen LogP contribution in [0, 0.1) is 0 Å². The van der Waals surface area contributed by atoms with Gasteiger partial charge in [-0.15, -0.1) is 11.3 Å². The number of hydrogen-bond acceptors (Lipinski definition) is 5. The summed E-state index contributed by atoms with van der Waals surface area (Å²) in [6.07, 6.45) is -2.64. The van der Waals surface area contributed by atoms with Gasteiger partial charge in [-0.3, -0.25) is 4.90 Å². The number of fused-ring (bicyclic) bond motifs is 1. The van der Waals surface area contributed by atoms with E-state index in [1.54, 1.807) is 11.3 Å². The van der Waals surface area contributed by atoms with E-state index in [2.05, 4.69) is 14.9 Å². The first-order chi connectivity index (χ1) is 9.94. The smallest absolute Gasteiger partial charge is 0.352 e. The van der Waals surface area contributed by atoms with Gasteiger partial charge in [0, 0.05) is 25.7 Å². The molecule has 0 N–H and O–H groups in total. The molecule has 0 aliphatic carbocycles. The molecular weight excluding hydrogens is 301 g/mol. The minimum atomic E-state index is -4.15. The summed E-state index contributed by atoms with van der Waals surface area (Å²) in [7, 11) is 0. The Hall–Kier alpha value is -1.41. The van der Waals surface area contributed by atoms with Crippen LogP contribution in [0.4, 0.5) is 19.0 Å². The van der Waals surface area contributed by atoms with Crippen LogP contribution in [0.2, 0.25) is 0 Å². The van der Waals surface area contributed by atoms with Crippen molar-refractivity contribution in [1.29, 1.82) is 0 Å². The molecule has 0 amide bonds. The number of aromatic nitrogens is 2. The molecule has 1 aliphatic rings. The van der Waals surface area contributed by atoms with Crippen LogP contribution in [-0.4, -0.2) is 53.3 Å². The third kappa shape index (κ3) is 3.11. The number of piperazine rings is 1. The van der Waals surface area contributed by atoms with E-state index in [9.17, 15) is 13.2 Å². The summed E-state index contributed by atoms with van der Waals surface area (Å²) in [5, 5.41) is 1.95. The van der Waals surface area contributed by atoms with Crippen LogP contribution in [0.5, 0.6) is 0 Å². The molecule has 1 atom stereocenters. The average molecular weight is 316 g/mol. The second kappa shape index (κ2) is 5.42. The van der Waals surface area contributed by atoms with E-state index in [1.165, 1.54) is 11.2 Å². The molecule has 0 saturated carbocycles. The van der Waals surface area contributed by atoms with E-state index < -0.39 is 12.7 Å². The van der Waals surface area contributed by atoms with Gasteiger partial charge in [0.25, 0.3) is 0 Å². The van der Waals surface area contributed by atoms with Gasteiger partial charge in [-0.05, 0) is 18.4 Å². The first-order valence-corrected chi connectivity index (χ1v) is 7.56. The van der Waals surface area contributed by atoms with E-state index in [1.807, 2.05) is 18.4 Å². The minimum Gasteiger partial charge on any atom is -0.352 e. The van der Waals surface area contributed by atoms with Gasteiger partial charge in [0.2, 0.25) is 0 Å². The summed E-state index contributed by atoms with van der Waals surface area (Å²) in [6, 6.07) is 1.76. The number of hydrogen-bond donors (Lipinski definition) is 0. The molecule has 8 heteroatoms. The maximum absolute atomic E-state index is 12.5. The third-order valence-electron chi connectivity index (χ3n) is 3.67. The van der Waals surface area contributed by atoms with Gasteiger partial charge in [-0.2, -0.15) is 13.2 Å². The molecule has 3 heterocycles. The Labute approximate surface area is 124 Å². The Bertz CT molecular complexity index is 627. The molecule has 114 valence electrons. The van der Waals surface area contributed by atoms with Gasteiger partial charge >= 0.3 is 6.18 Å². The predicted molar refractivity (Wildman–Crippen MR) is 76.7 cm³/mol. The van der Waals surface area contributed by atoms with Crippen molar-refractivity contribution in [3.05, 3.63) is 17.8 Å². The second-order valence-electron chi connectivity index (χ2n) is 5.21. The highest BCUT2D eigenvalue weighted by molar-refractivity contribution is 7.17. The maximum Gasteiger partial charge on any atom is 0.401 e. The van der Waals surface area contributed by atoms with E-state index >= 15 is 0 Å². The Balaban J connectivity index is 1.77. The van der Waals surface area contributed by atoms with Crippen LogP contribution in [0.25, 0.3) is 10.2 Å². The van der Waals surface area contributed by atoms with Crippen LogP contribution in [0.15, 0.2) is 17.8 Å². The first kappa shape index (κ1) is 14.5. The number of rotatable bonds is 2. The topological polar surface area (TPSA) is 32.3 Å². The van der Waals surface area contributed by atoms with Gasteiger partial charge in [-0.25, -0.2) is 9.97 Å². The standard InChI is InChI=1S/C13H15F3N4S/c1-9-6-19(3-4-20(9)7-13(14,15)16)12-11-10(2-5-21-11)17-8-18-12/h2,5,8-9H,3-4,6-7H2,1H3. The largest absolute Gasteiger partial charge is 0.401 e. The van der Waals surface area contributed by atoms with Crippen molar-refractivity contribution in [1.82, 2.24) is 14.9 Å². The van der Waals surface area contributed by atoms with E-state index in [4.69, 9.17) is 0 Å². The molecule has 21 heavy (non-hydrogen) atoms. The van der Waals surface area contributed by atoms with Gasteiger partial charge < -0.3 is 4.90 Å². The van der Waals surface area contributed by atoms with Crippen molar-refractivity contribution in [2.24, 2.45) is 0 Å². The highest BCUT2D eigenvalue weighted by Crippen LogP contribution is 2.29. The zero-order chi connectivity index (χ0) is 15.0. The summed E-state index contributed by atoms with van der Waals surface area (Å²) in [4.78, 5) is 12.0. The van der Waals surface area contributed by atoms with Gasteiger partial charge in [0.05, 0.1) is 16.8 Å². The van der Waals surface area contributed by atoms with Gasteiger partial charge in [0.1, 0.15) is 12.1 Å². The lowest BCUT2D eigenvalue weighted by Crippen LogP contribution is -2.54. The normalized spacial score (nSPS) is 21.1. The zero-order valence-electron chi connectivity index (χ0n) is 11.5. The number of thiophene rings is 1. The fraction of sp³-hybridized carbons (Fsp3) is 0.538. The van der Waals surface area contributed by atoms with Crippen LogP contribution in [0.1, 0.15) is 6.92 Å². The Kier molecular flexibility index (Phi) is 3.75. The second-order valence-corrected chi connectivity index (χ2v) is 6.13. The third-order valence-corrected chi connectivity index (χ3v) is 4.57. The van der Waals surface area contributed by atoms with Crippen molar-refractivity contribution in [2.45, 2.75) is 19.1 Å². The molecule has 2 aromatic heterocycles. The van der Waals surface area contributed by atoms with Crippen LogP contribution in [-0.2, 0) is 0 Å². The van der Waals surface area contributed by atoms with Gasteiger partial charge in [-0.1, -0.05) is 0 Å². The molecule has 4 nitrogen and oxygen atoms in total. The molecule has 0 spiro atoms. The Morgan fingerprint density at radius 2 is 2.14 bits per heavy atom. The number of alkyl halides is 3. The van der Waals surface area contributed by atoms with E-state index in [0.29, 0.717) is 19.6 Å². The monoisotopic (exact) mass is 316 g/mol. The Morgan fingerprint density at radius 1 is 1.33 bits per heavy atom. The molecule has 0 radical (unpaired) electrons. The highest BCUT2D eigenvalue weighted by atomic mass is 32.1. The summed E-state index contributed by atoms with van der Waals surface area (Å²) >= 11 is 1.56. The van der Waals surface area contributed by atoms with Crippen molar-refractivity contribution < 1.29 is 13.2 Å². The lowest BCUT2D eigenvalue weighted by atomic mass is 10.2. The molecule has 2 aromatic rings. The number of nitrogens with zero attached hydrogens (tertiary/aromatic N) is 4. The van der Waals surface area contributed by atoms with Crippen molar-refractivity contribution in [3.8, 4) is 0 Å². The first-order valence-electron chi connectivity index (χ1n) is 6.68. The van der Waals surface area contributed by atoms with Crippen molar-refractivity contribution >= 4 is 27.4 Å².